The molecule has 2 rings (SSSR count). The summed E-state index contributed by atoms with van der Waals surface area (Å²) in [6, 6.07) is 7.02. The normalized spacial score (nSPS) is 18.6. The lowest BCUT2D eigenvalue weighted by Crippen LogP contribution is -2.10. The average Bonchev–Trinajstić information content (AvgIpc) is 2.50. The van der Waals surface area contributed by atoms with Gasteiger partial charge in [0.25, 0.3) is 10.0 Å². The van der Waals surface area contributed by atoms with Gasteiger partial charge in [0.2, 0.25) is 0 Å². The zero-order valence-corrected chi connectivity index (χ0v) is 12.8. The fourth-order valence-electron chi connectivity index (χ4n) is 2.13. The van der Waals surface area contributed by atoms with Crippen molar-refractivity contribution in [3.8, 4) is 0 Å². The van der Waals surface area contributed by atoms with Gasteiger partial charge in [0.1, 0.15) is 0 Å². The van der Waals surface area contributed by atoms with Crippen LogP contribution in [0.3, 0.4) is 0 Å². The quantitative estimate of drug-likeness (QED) is 0.795. The van der Waals surface area contributed by atoms with Crippen molar-refractivity contribution in [1.82, 2.24) is 0 Å². The largest absolute Gasteiger partial charge is 0.283 e. The Labute approximate surface area is 117 Å². The number of fused-ring (bicyclic) bond motifs is 1. The monoisotopic (exact) mass is 329 g/mol. The SMILES string of the molecule is CC(C)CC(Br)CC1=NS(=O)(=O)c2ccccc21. The Morgan fingerprint density at radius 1 is 1.28 bits per heavy atom. The second-order valence-corrected chi connectivity index (χ2v) is 7.81. The molecule has 18 heavy (non-hydrogen) atoms. The Hall–Kier alpha value is -0.680. The summed E-state index contributed by atoms with van der Waals surface area (Å²) in [5, 5.41) is 0. The van der Waals surface area contributed by atoms with Crippen molar-refractivity contribution in [1.29, 1.82) is 0 Å². The molecule has 1 heterocycles. The predicted octanol–water partition coefficient (Wildman–Crippen LogP) is 3.38. The van der Waals surface area contributed by atoms with Crippen molar-refractivity contribution < 1.29 is 8.42 Å². The van der Waals surface area contributed by atoms with Crippen LogP contribution in [0.2, 0.25) is 0 Å². The van der Waals surface area contributed by atoms with Crippen LogP contribution in [-0.4, -0.2) is 19.0 Å². The molecule has 0 bridgehead atoms. The van der Waals surface area contributed by atoms with Crippen molar-refractivity contribution in [3.05, 3.63) is 29.8 Å². The summed E-state index contributed by atoms with van der Waals surface area (Å²) < 4.78 is 27.6. The van der Waals surface area contributed by atoms with E-state index in [0.29, 0.717) is 22.9 Å². The third kappa shape index (κ3) is 2.83. The van der Waals surface area contributed by atoms with Crippen molar-refractivity contribution in [2.45, 2.75) is 36.4 Å². The zero-order valence-electron chi connectivity index (χ0n) is 10.4. The van der Waals surface area contributed by atoms with Crippen LogP contribution < -0.4 is 0 Å². The molecule has 0 fully saturated rings. The highest BCUT2D eigenvalue weighted by Crippen LogP contribution is 2.29. The number of sulfonamides is 1. The summed E-state index contributed by atoms with van der Waals surface area (Å²) >= 11 is 3.60. The fourth-order valence-corrected chi connectivity index (χ4v) is 4.46. The lowest BCUT2D eigenvalue weighted by molar-refractivity contribution is 0.579. The molecule has 0 aromatic heterocycles. The van der Waals surface area contributed by atoms with Gasteiger partial charge in [-0.25, -0.2) is 0 Å². The third-order valence-electron chi connectivity index (χ3n) is 2.85. The maximum absolute atomic E-state index is 11.9. The molecule has 0 N–H and O–H groups in total. The van der Waals surface area contributed by atoms with Crippen LogP contribution in [0.15, 0.2) is 33.6 Å². The topological polar surface area (TPSA) is 46.5 Å². The smallest absolute Gasteiger partial charge is 0.199 e. The number of hydrogen-bond donors (Lipinski definition) is 0. The van der Waals surface area contributed by atoms with Crippen molar-refractivity contribution in [2.75, 3.05) is 0 Å². The third-order valence-corrected chi connectivity index (χ3v) is 4.92. The Balaban J connectivity index is 2.26. The molecule has 1 unspecified atom stereocenters. The van der Waals surface area contributed by atoms with Crippen LogP contribution in [0.4, 0.5) is 0 Å². The molecule has 5 heteroatoms. The standard InChI is InChI=1S/C13H16BrNO2S/c1-9(2)7-10(14)8-12-11-5-3-4-6-13(11)18(16,17)15-12/h3-6,9-10H,7-8H2,1-2H3. The zero-order chi connectivity index (χ0) is 13.3. The van der Waals surface area contributed by atoms with Gasteiger partial charge < -0.3 is 0 Å². The van der Waals surface area contributed by atoms with Gasteiger partial charge in [-0.05, 0) is 18.4 Å². The predicted molar refractivity (Wildman–Crippen MR) is 77.0 cm³/mol. The average molecular weight is 330 g/mol. The lowest BCUT2D eigenvalue weighted by atomic mass is 10.0. The van der Waals surface area contributed by atoms with E-state index in [1.807, 2.05) is 12.1 Å². The van der Waals surface area contributed by atoms with Crippen LogP contribution in [0.5, 0.6) is 0 Å². The van der Waals surface area contributed by atoms with E-state index in [4.69, 9.17) is 0 Å². The highest BCUT2D eigenvalue weighted by atomic mass is 79.9. The van der Waals surface area contributed by atoms with Crippen LogP contribution in [-0.2, 0) is 10.0 Å². The van der Waals surface area contributed by atoms with E-state index in [1.165, 1.54) is 0 Å². The highest BCUT2D eigenvalue weighted by Gasteiger charge is 2.29. The Kier molecular flexibility index (Phi) is 3.92. The van der Waals surface area contributed by atoms with Gasteiger partial charge in [-0.15, -0.1) is 0 Å². The molecule has 0 aliphatic carbocycles. The van der Waals surface area contributed by atoms with Gasteiger partial charge in [0.15, 0.2) is 0 Å². The first-order chi connectivity index (χ1) is 8.40. The minimum atomic E-state index is -3.46. The number of benzene rings is 1. The highest BCUT2D eigenvalue weighted by molar-refractivity contribution is 9.09. The van der Waals surface area contributed by atoms with Gasteiger partial charge in [-0.1, -0.05) is 48.0 Å². The van der Waals surface area contributed by atoms with Crippen molar-refractivity contribution >= 4 is 31.7 Å². The molecule has 0 spiro atoms. The molecule has 1 aromatic rings. The Morgan fingerprint density at radius 3 is 2.61 bits per heavy atom. The molecule has 0 saturated heterocycles. The first-order valence-corrected chi connectivity index (χ1v) is 8.33. The molecule has 0 radical (unpaired) electrons. The van der Waals surface area contributed by atoms with Crippen LogP contribution in [0.1, 0.15) is 32.3 Å². The molecule has 1 aromatic carbocycles. The second-order valence-electron chi connectivity index (χ2n) is 4.94. The summed E-state index contributed by atoms with van der Waals surface area (Å²) in [5.74, 6) is 0.572. The molecule has 0 saturated carbocycles. The number of rotatable bonds is 4. The molecule has 3 nitrogen and oxygen atoms in total. The molecular weight excluding hydrogens is 314 g/mol. The summed E-state index contributed by atoms with van der Waals surface area (Å²) in [7, 11) is -3.46. The molecular formula is C13H16BrNO2S. The van der Waals surface area contributed by atoms with Gasteiger partial charge >= 0.3 is 0 Å². The van der Waals surface area contributed by atoms with Crippen LogP contribution in [0.25, 0.3) is 0 Å². The number of halogens is 1. The number of hydrogen-bond acceptors (Lipinski definition) is 2. The van der Waals surface area contributed by atoms with Gasteiger partial charge in [0, 0.05) is 16.8 Å². The maximum atomic E-state index is 11.9. The van der Waals surface area contributed by atoms with E-state index in [2.05, 4.69) is 34.2 Å². The second kappa shape index (κ2) is 5.13. The molecule has 1 atom stereocenters. The van der Waals surface area contributed by atoms with Gasteiger partial charge in [-0.2, -0.15) is 12.8 Å². The molecule has 98 valence electrons. The van der Waals surface area contributed by atoms with E-state index in [1.54, 1.807) is 12.1 Å². The number of nitrogens with zero attached hydrogens (tertiary/aromatic N) is 1. The lowest BCUT2D eigenvalue weighted by Gasteiger charge is -2.12. The van der Waals surface area contributed by atoms with E-state index in [9.17, 15) is 8.42 Å². The molecule has 1 aliphatic heterocycles. The molecule has 0 amide bonds. The van der Waals surface area contributed by atoms with Crippen molar-refractivity contribution in [2.24, 2.45) is 10.3 Å². The Bertz CT molecular complexity index is 578. The summed E-state index contributed by atoms with van der Waals surface area (Å²) in [5.41, 5.74) is 1.43. The van der Waals surface area contributed by atoms with E-state index in [0.717, 1.165) is 12.0 Å². The van der Waals surface area contributed by atoms with Crippen LogP contribution in [0, 0.1) is 5.92 Å². The minimum Gasteiger partial charge on any atom is -0.199 e. The summed E-state index contributed by atoms with van der Waals surface area (Å²) in [4.78, 5) is 0.599. The maximum Gasteiger partial charge on any atom is 0.283 e. The van der Waals surface area contributed by atoms with Crippen LogP contribution >= 0.6 is 15.9 Å². The molecule has 1 aliphatic rings. The first kappa shape index (κ1) is 13.7. The number of alkyl halides is 1. The van der Waals surface area contributed by atoms with Crippen molar-refractivity contribution in [3.63, 3.8) is 0 Å². The van der Waals surface area contributed by atoms with E-state index >= 15 is 0 Å². The minimum absolute atomic E-state index is 0.262. The summed E-state index contributed by atoms with van der Waals surface area (Å²) in [6.07, 6.45) is 1.65. The first-order valence-electron chi connectivity index (χ1n) is 5.97. The van der Waals surface area contributed by atoms with Gasteiger partial charge in [0.05, 0.1) is 10.6 Å². The Morgan fingerprint density at radius 2 is 1.94 bits per heavy atom. The van der Waals surface area contributed by atoms with Gasteiger partial charge in [-0.3, -0.25) is 0 Å². The summed E-state index contributed by atoms with van der Waals surface area (Å²) in [6.45, 7) is 4.30. The van der Waals surface area contributed by atoms with E-state index < -0.39 is 10.0 Å². The fraction of sp³-hybridized carbons (Fsp3) is 0.462. The van der Waals surface area contributed by atoms with E-state index in [-0.39, 0.29) is 4.83 Å².